The normalized spacial score (nSPS) is 22.0. The summed E-state index contributed by atoms with van der Waals surface area (Å²) in [6.07, 6.45) is 5.29. The lowest BCUT2D eigenvalue weighted by atomic mass is 9.94. The lowest BCUT2D eigenvalue weighted by Crippen LogP contribution is -2.52. The molecule has 0 aromatic carbocycles. The fraction of sp³-hybridized carbons (Fsp3) is 0.889. The number of likely N-dealkylation sites (tertiary alicyclic amines) is 2. The van der Waals surface area contributed by atoms with Gasteiger partial charge in [-0.3, -0.25) is 14.5 Å². The standard InChI is InChI=1S/C18H33N3O2/c1-4-19(5-2)18(23)16-9-13-20(14-10-16)15(3)17(22)21-11-7-6-8-12-21/h15-16H,4-14H2,1-3H3. The van der Waals surface area contributed by atoms with E-state index in [0.29, 0.717) is 5.91 Å². The van der Waals surface area contributed by atoms with Crippen LogP contribution in [0.5, 0.6) is 0 Å². The molecule has 2 heterocycles. The first-order valence-electron chi connectivity index (χ1n) is 9.40. The van der Waals surface area contributed by atoms with Crippen molar-refractivity contribution in [2.75, 3.05) is 39.3 Å². The smallest absolute Gasteiger partial charge is 0.239 e. The van der Waals surface area contributed by atoms with Gasteiger partial charge >= 0.3 is 0 Å². The summed E-state index contributed by atoms with van der Waals surface area (Å²) < 4.78 is 0. The number of amides is 2. The molecule has 1 atom stereocenters. The highest BCUT2D eigenvalue weighted by atomic mass is 16.2. The van der Waals surface area contributed by atoms with Gasteiger partial charge in [-0.15, -0.1) is 0 Å². The van der Waals surface area contributed by atoms with Crippen molar-refractivity contribution < 1.29 is 9.59 Å². The number of carbonyl (C=O) groups excluding carboxylic acids is 2. The minimum atomic E-state index is -0.0439. The summed E-state index contributed by atoms with van der Waals surface area (Å²) in [6.45, 7) is 11.2. The molecular formula is C18H33N3O2. The molecule has 0 aromatic heterocycles. The number of rotatable bonds is 5. The number of hydrogen-bond donors (Lipinski definition) is 0. The van der Waals surface area contributed by atoms with Crippen LogP contribution in [0, 0.1) is 5.92 Å². The van der Waals surface area contributed by atoms with Crippen molar-refractivity contribution in [3.63, 3.8) is 0 Å². The van der Waals surface area contributed by atoms with E-state index in [1.54, 1.807) is 0 Å². The number of nitrogens with zero attached hydrogens (tertiary/aromatic N) is 3. The highest BCUT2D eigenvalue weighted by molar-refractivity contribution is 5.82. The van der Waals surface area contributed by atoms with Gasteiger partial charge in [0.05, 0.1) is 6.04 Å². The van der Waals surface area contributed by atoms with E-state index in [4.69, 9.17) is 0 Å². The summed E-state index contributed by atoms with van der Waals surface area (Å²) in [5.41, 5.74) is 0. The second kappa shape index (κ2) is 8.67. The summed E-state index contributed by atoms with van der Waals surface area (Å²) in [6, 6.07) is -0.0439. The maximum atomic E-state index is 12.6. The topological polar surface area (TPSA) is 43.9 Å². The van der Waals surface area contributed by atoms with E-state index in [2.05, 4.69) is 4.90 Å². The van der Waals surface area contributed by atoms with Gasteiger partial charge in [0.15, 0.2) is 0 Å². The van der Waals surface area contributed by atoms with Crippen LogP contribution in [0.3, 0.4) is 0 Å². The summed E-state index contributed by atoms with van der Waals surface area (Å²) in [5.74, 6) is 0.714. The fourth-order valence-electron chi connectivity index (χ4n) is 3.86. The summed E-state index contributed by atoms with van der Waals surface area (Å²) in [5, 5.41) is 0. The lowest BCUT2D eigenvalue weighted by molar-refractivity contribution is -0.139. The van der Waals surface area contributed by atoms with Crippen molar-refractivity contribution in [3.8, 4) is 0 Å². The third-order valence-electron chi connectivity index (χ3n) is 5.53. The van der Waals surface area contributed by atoms with Crippen molar-refractivity contribution in [3.05, 3.63) is 0 Å². The third kappa shape index (κ3) is 4.46. The summed E-state index contributed by atoms with van der Waals surface area (Å²) in [7, 11) is 0. The van der Waals surface area contributed by atoms with Gasteiger partial charge in [-0.25, -0.2) is 0 Å². The molecule has 0 aliphatic carbocycles. The van der Waals surface area contributed by atoms with Gasteiger partial charge in [0.25, 0.3) is 0 Å². The zero-order chi connectivity index (χ0) is 16.8. The molecule has 0 saturated carbocycles. The highest BCUT2D eigenvalue weighted by Gasteiger charge is 2.32. The minimum Gasteiger partial charge on any atom is -0.343 e. The number of carbonyl (C=O) groups is 2. The molecule has 0 aromatic rings. The van der Waals surface area contributed by atoms with E-state index < -0.39 is 0 Å². The maximum Gasteiger partial charge on any atom is 0.239 e. The summed E-state index contributed by atoms with van der Waals surface area (Å²) >= 11 is 0. The van der Waals surface area contributed by atoms with Crippen molar-refractivity contribution in [2.24, 2.45) is 5.92 Å². The lowest BCUT2D eigenvalue weighted by Gasteiger charge is -2.38. The van der Waals surface area contributed by atoms with Crippen molar-refractivity contribution in [1.82, 2.24) is 14.7 Å². The molecule has 2 fully saturated rings. The Kier molecular flexibility index (Phi) is 6.88. The summed E-state index contributed by atoms with van der Waals surface area (Å²) in [4.78, 5) is 31.3. The van der Waals surface area contributed by atoms with Crippen molar-refractivity contribution >= 4 is 11.8 Å². The van der Waals surface area contributed by atoms with Crippen LogP contribution in [0.25, 0.3) is 0 Å². The van der Waals surface area contributed by atoms with Gasteiger partial charge < -0.3 is 9.80 Å². The molecule has 0 spiro atoms. The van der Waals surface area contributed by atoms with E-state index in [1.807, 2.05) is 30.6 Å². The number of hydrogen-bond acceptors (Lipinski definition) is 3. The minimum absolute atomic E-state index is 0.0439. The van der Waals surface area contributed by atoms with Gasteiger partial charge in [0.1, 0.15) is 0 Å². The quantitative estimate of drug-likeness (QED) is 0.777. The molecule has 2 saturated heterocycles. The van der Waals surface area contributed by atoms with Crippen LogP contribution in [0.4, 0.5) is 0 Å². The van der Waals surface area contributed by atoms with Gasteiger partial charge in [-0.05, 0) is 66.0 Å². The second-order valence-electron chi connectivity index (χ2n) is 6.88. The molecule has 23 heavy (non-hydrogen) atoms. The van der Waals surface area contributed by atoms with Crippen LogP contribution in [-0.4, -0.2) is 71.8 Å². The molecule has 2 amide bonds. The van der Waals surface area contributed by atoms with Crippen LogP contribution >= 0.6 is 0 Å². The molecular weight excluding hydrogens is 290 g/mol. The van der Waals surface area contributed by atoms with E-state index in [1.165, 1.54) is 6.42 Å². The largest absolute Gasteiger partial charge is 0.343 e. The van der Waals surface area contributed by atoms with E-state index >= 15 is 0 Å². The van der Waals surface area contributed by atoms with E-state index in [9.17, 15) is 9.59 Å². The average molecular weight is 323 g/mol. The molecule has 1 unspecified atom stereocenters. The number of piperidine rings is 2. The Hall–Kier alpha value is -1.10. The Labute approximate surface area is 141 Å². The predicted octanol–water partition coefficient (Wildman–Crippen LogP) is 1.97. The Morgan fingerprint density at radius 2 is 1.57 bits per heavy atom. The fourth-order valence-corrected chi connectivity index (χ4v) is 3.86. The van der Waals surface area contributed by atoms with Crippen LogP contribution in [0.2, 0.25) is 0 Å². The van der Waals surface area contributed by atoms with Gasteiger partial charge in [-0.2, -0.15) is 0 Å². The van der Waals surface area contributed by atoms with Crippen LogP contribution in [0.15, 0.2) is 0 Å². The first kappa shape index (κ1) is 18.2. The Bertz CT molecular complexity index is 395. The van der Waals surface area contributed by atoms with Gasteiger partial charge in [-0.1, -0.05) is 0 Å². The van der Waals surface area contributed by atoms with Crippen molar-refractivity contribution in [2.45, 2.75) is 58.9 Å². The maximum absolute atomic E-state index is 12.6. The van der Waals surface area contributed by atoms with E-state index in [0.717, 1.165) is 65.0 Å². The zero-order valence-electron chi connectivity index (χ0n) is 15.1. The average Bonchev–Trinajstić information content (AvgIpc) is 2.62. The molecule has 2 aliphatic heterocycles. The highest BCUT2D eigenvalue weighted by Crippen LogP contribution is 2.22. The Balaban J connectivity index is 1.83. The van der Waals surface area contributed by atoms with Gasteiger partial charge in [0.2, 0.25) is 11.8 Å². The zero-order valence-corrected chi connectivity index (χ0v) is 15.1. The molecule has 5 nitrogen and oxygen atoms in total. The van der Waals surface area contributed by atoms with Crippen LogP contribution < -0.4 is 0 Å². The molecule has 0 N–H and O–H groups in total. The first-order valence-corrected chi connectivity index (χ1v) is 9.40. The molecule has 5 heteroatoms. The van der Waals surface area contributed by atoms with Crippen LogP contribution in [0.1, 0.15) is 52.9 Å². The molecule has 132 valence electrons. The second-order valence-corrected chi connectivity index (χ2v) is 6.88. The molecule has 2 aliphatic rings. The SMILES string of the molecule is CCN(CC)C(=O)C1CCN(C(C)C(=O)N2CCCCC2)CC1. The molecule has 0 radical (unpaired) electrons. The molecule has 2 rings (SSSR count). The monoisotopic (exact) mass is 323 g/mol. The van der Waals surface area contributed by atoms with Crippen LogP contribution in [-0.2, 0) is 9.59 Å². The Morgan fingerprint density at radius 3 is 2.09 bits per heavy atom. The van der Waals surface area contributed by atoms with E-state index in [-0.39, 0.29) is 17.9 Å². The van der Waals surface area contributed by atoms with Gasteiger partial charge in [0, 0.05) is 32.1 Å². The van der Waals surface area contributed by atoms with Crippen molar-refractivity contribution in [1.29, 1.82) is 0 Å². The molecule has 0 bridgehead atoms. The first-order chi connectivity index (χ1) is 11.1. The Morgan fingerprint density at radius 1 is 1.00 bits per heavy atom. The predicted molar refractivity (Wildman–Crippen MR) is 92.1 cm³/mol. The third-order valence-corrected chi connectivity index (χ3v) is 5.53.